The van der Waals surface area contributed by atoms with Gasteiger partial charge in [-0.1, -0.05) is 30.3 Å². The summed E-state index contributed by atoms with van der Waals surface area (Å²) in [5, 5.41) is 5.45. The van der Waals surface area contributed by atoms with Gasteiger partial charge in [-0.05, 0) is 21.5 Å². The van der Waals surface area contributed by atoms with Crippen LogP contribution in [-0.4, -0.2) is 14.8 Å². The van der Waals surface area contributed by atoms with E-state index in [2.05, 4.69) is 38.1 Å². The third-order valence-corrected chi connectivity index (χ3v) is 3.25. The predicted molar refractivity (Wildman–Crippen MR) is 70.8 cm³/mol. The summed E-state index contributed by atoms with van der Waals surface area (Å²) in [4.78, 5) is 4.13. The van der Waals surface area contributed by atoms with Crippen LogP contribution in [0.2, 0.25) is 0 Å². The lowest BCUT2D eigenvalue weighted by Gasteiger charge is -2.04. The first kappa shape index (κ1) is 10.5. The van der Waals surface area contributed by atoms with E-state index in [-0.39, 0.29) is 0 Å². The second-order valence-electron chi connectivity index (χ2n) is 3.85. The Hall–Kier alpha value is -1.68. The third-order valence-electron chi connectivity index (χ3n) is 2.67. The zero-order chi connectivity index (χ0) is 11.7. The first-order valence-corrected chi connectivity index (χ1v) is 6.13. The molecule has 0 aliphatic heterocycles. The van der Waals surface area contributed by atoms with Crippen LogP contribution in [0.4, 0.5) is 0 Å². The highest BCUT2D eigenvalue weighted by Gasteiger charge is 2.06. The van der Waals surface area contributed by atoms with Gasteiger partial charge in [-0.15, -0.1) is 0 Å². The molecule has 3 rings (SSSR count). The van der Waals surface area contributed by atoms with Crippen LogP contribution in [0.1, 0.15) is 5.56 Å². The summed E-state index contributed by atoms with van der Waals surface area (Å²) in [5.74, 6) is 0. The van der Waals surface area contributed by atoms with Crippen molar-refractivity contribution in [2.24, 2.45) is 0 Å². The van der Waals surface area contributed by atoms with Crippen molar-refractivity contribution in [3.63, 3.8) is 0 Å². The molecule has 1 aromatic carbocycles. The van der Waals surface area contributed by atoms with Crippen molar-refractivity contribution in [3.8, 4) is 0 Å². The quantitative estimate of drug-likeness (QED) is 0.724. The van der Waals surface area contributed by atoms with E-state index in [1.165, 1.54) is 5.56 Å². The van der Waals surface area contributed by atoms with Crippen LogP contribution in [-0.2, 0) is 6.54 Å². The van der Waals surface area contributed by atoms with Crippen LogP contribution in [0.25, 0.3) is 10.9 Å². The van der Waals surface area contributed by atoms with Crippen molar-refractivity contribution in [3.05, 3.63) is 59.0 Å². The van der Waals surface area contributed by atoms with Gasteiger partial charge in [0.2, 0.25) is 0 Å². The molecule has 0 aliphatic rings. The van der Waals surface area contributed by atoms with E-state index in [1.807, 2.05) is 35.3 Å². The number of halogens is 1. The topological polar surface area (TPSA) is 30.7 Å². The fourth-order valence-corrected chi connectivity index (χ4v) is 2.43. The van der Waals surface area contributed by atoms with Gasteiger partial charge in [0.25, 0.3) is 0 Å². The molecule has 0 bridgehead atoms. The molecular formula is C13H10BrN3. The van der Waals surface area contributed by atoms with Gasteiger partial charge < -0.3 is 0 Å². The lowest BCUT2D eigenvalue weighted by Crippen LogP contribution is -2.01. The maximum atomic E-state index is 4.40. The minimum atomic E-state index is 0.771. The highest BCUT2D eigenvalue weighted by Crippen LogP contribution is 2.22. The molecule has 84 valence electrons. The van der Waals surface area contributed by atoms with Gasteiger partial charge in [0.15, 0.2) is 0 Å². The van der Waals surface area contributed by atoms with E-state index in [4.69, 9.17) is 0 Å². The molecular weight excluding hydrogens is 278 g/mol. The first-order chi connectivity index (χ1) is 8.34. The summed E-state index contributed by atoms with van der Waals surface area (Å²) >= 11 is 3.52. The zero-order valence-electron chi connectivity index (χ0n) is 9.05. The summed E-state index contributed by atoms with van der Waals surface area (Å²) in [7, 11) is 0. The molecule has 0 N–H and O–H groups in total. The van der Waals surface area contributed by atoms with Crippen molar-refractivity contribution >= 4 is 26.8 Å². The Labute approximate surface area is 107 Å². The SMILES string of the molecule is Brc1cncc2cnn(Cc3ccccc3)c12. The number of nitrogens with zero attached hydrogens (tertiary/aromatic N) is 3. The van der Waals surface area contributed by atoms with Gasteiger partial charge >= 0.3 is 0 Å². The van der Waals surface area contributed by atoms with Crippen molar-refractivity contribution in [1.82, 2.24) is 14.8 Å². The maximum Gasteiger partial charge on any atom is 0.0859 e. The molecule has 0 radical (unpaired) electrons. The summed E-state index contributed by atoms with van der Waals surface area (Å²) < 4.78 is 2.96. The predicted octanol–water partition coefficient (Wildman–Crippen LogP) is 3.24. The molecule has 0 amide bonds. The van der Waals surface area contributed by atoms with Crippen LogP contribution in [0.5, 0.6) is 0 Å². The fraction of sp³-hybridized carbons (Fsp3) is 0.0769. The van der Waals surface area contributed by atoms with Gasteiger partial charge in [-0.2, -0.15) is 5.10 Å². The molecule has 0 saturated heterocycles. The first-order valence-electron chi connectivity index (χ1n) is 5.33. The number of benzene rings is 1. The van der Waals surface area contributed by atoms with E-state index in [1.54, 1.807) is 6.20 Å². The second-order valence-corrected chi connectivity index (χ2v) is 4.70. The van der Waals surface area contributed by atoms with Crippen molar-refractivity contribution < 1.29 is 0 Å². The minimum absolute atomic E-state index is 0.771. The van der Waals surface area contributed by atoms with E-state index in [0.29, 0.717) is 0 Å². The largest absolute Gasteiger partial charge is 0.263 e. The molecule has 0 aliphatic carbocycles. The maximum absolute atomic E-state index is 4.40. The highest BCUT2D eigenvalue weighted by molar-refractivity contribution is 9.10. The lowest BCUT2D eigenvalue weighted by molar-refractivity contribution is 0.711. The Morgan fingerprint density at radius 2 is 1.88 bits per heavy atom. The van der Waals surface area contributed by atoms with E-state index in [0.717, 1.165) is 21.9 Å². The Bertz CT molecular complexity index is 646. The smallest absolute Gasteiger partial charge is 0.0859 e. The number of rotatable bonds is 2. The van der Waals surface area contributed by atoms with Gasteiger partial charge in [0.05, 0.1) is 22.7 Å². The normalized spacial score (nSPS) is 10.9. The zero-order valence-corrected chi connectivity index (χ0v) is 10.6. The van der Waals surface area contributed by atoms with Crippen LogP contribution < -0.4 is 0 Å². The fourth-order valence-electron chi connectivity index (χ4n) is 1.88. The van der Waals surface area contributed by atoms with Crippen molar-refractivity contribution in [1.29, 1.82) is 0 Å². The Kier molecular flexibility index (Phi) is 2.65. The molecule has 0 fully saturated rings. The minimum Gasteiger partial charge on any atom is -0.263 e. The van der Waals surface area contributed by atoms with Gasteiger partial charge in [0.1, 0.15) is 0 Å². The van der Waals surface area contributed by atoms with Crippen LogP contribution in [0.3, 0.4) is 0 Å². The summed E-state index contributed by atoms with van der Waals surface area (Å²) in [6.07, 6.45) is 5.47. The molecule has 0 saturated carbocycles. The Morgan fingerprint density at radius 3 is 2.71 bits per heavy atom. The number of hydrogen-bond donors (Lipinski definition) is 0. The van der Waals surface area contributed by atoms with Crippen molar-refractivity contribution in [2.75, 3.05) is 0 Å². The van der Waals surface area contributed by atoms with Gasteiger partial charge in [-0.25, -0.2) is 0 Å². The van der Waals surface area contributed by atoms with E-state index < -0.39 is 0 Å². The standard InChI is InChI=1S/C13H10BrN3/c14-12-8-15-6-11-7-16-17(13(11)12)9-10-4-2-1-3-5-10/h1-8H,9H2. The number of aromatic nitrogens is 3. The molecule has 17 heavy (non-hydrogen) atoms. The number of pyridine rings is 1. The number of fused-ring (bicyclic) bond motifs is 1. The monoisotopic (exact) mass is 287 g/mol. The molecule has 4 heteroatoms. The van der Waals surface area contributed by atoms with E-state index >= 15 is 0 Å². The molecule has 0 spiro atoms. The van der Waals surface area contributed by atoms with Crippen LogP contribution >= 0.6 is 15.9 Å². The Balaban J connectivity index is 2.07. The Morgan fingerprint density at radius 1 is 1.06 bits per heavy atom. The molecule has 2 heterocycles. The van der Waals surface area contributed by atoms with E-state index in [9.17, 15) is 0 Å². The molecule has 3 nitrogen and oxygen atoms in total. The average molecular weight is 288 g/mol. The number of hydrogen-bond acceptors (Lipinski definition) is 2. The van der Waals surface area contributed by atoms with Crippen LogP contribution in [0.15, 0.2) is 53.4 Å². The average Bonchev–Trinajstić information content (AvgIpc) is 2.75. The van der Waals surface area contributed by atoms with Crippen LogP contribution in [0, 0.1) is 0 Å². The van der Waals surface area contributed by atoms with Gasteiger partial charge in [0, 0.05) is 17.8 Å². The van der Waals surface area contributed by atoms with Gasteiger partial charge in [-0.3, -0.25) is 9.67 Å². The summed E-state index contributed by atoms with van der Waals surface area (Å²) in [5.41, 5.74) is 2.32. The molecule has 2 aromatic heterocycles. The third kappa shape index (κ3) is 1.96. The molecule has 0 unspecified atom stereocenters. The second kappa shape index (κ2) is 4.30. The lowest BCUT2D eigenvalue weighted by atomic mass is 10.2. The molecule has 3 aromatic rings. The van der Waals surface area contributed by atoms with Crippen molar-refractivity contribution in [2.45, 2.75) is 6.54 Å². The summed E-state index contributed by atoms with van der Waals surface area (Å²) in [6, 6.07) is 10.3. The summed E-state index contributed by atoms with van der Waals surface area (Å²) in [6.45, 7) is 0.771. The molecule has 0 atom stereocenters. The highest BCUT2D eigenvalue weighted by atomic mass is 79.9.